The number of aryl methyl sites for hydroxylation is 1. The van der Waals surface area contributed by atoms with Crippen LogP contribution in [0.4, 0.5) is 5.69 Å². The molecule has 0 radical (unpaired) electrons. The van der Waals surface area contributed by atoms with Gasteiger partial charge in [-0.1, -0.05) is 32.9 Å². The van der Waals surface area contributed by atoms with Crippen molar-refractivity contribution in [2.24, 2.45) is 10.9 Å². The second-order valence-electron chi connectivity index (χ2n) is 7.29. The zero-order valence-electron chi connectivity index (χ0n) is 18.3. The van der Waals surface area contributed by atoms with Crippen LogP contribution >= 0.6 is 35.3 Å². The molecule has 166 valence electrons. The Morgan fingerprint density at radius 2 is 2.03 bits per heavy atom. The number of aromatic nitrogens is 1. The number of rotatable bonds is 10. The van der Waals surface area contributed by atoms with Gasteiger partial charge < -0.3 is 16.0 Å². The molecule has 2 aromatic rings. The van der Waals surface area contributed by atoms with Crippen LogP contribution in [0, 0.1) is 5.92 Å². The van der Waals surface area contributed by atoms with Crippen LogP contribution < -0.4 is 16.0 Å². The van der Waals surface area contributed by atoms with Crippen molar-refractivity contribution in [2.45, 2.75) is 53.5 Å². The highest BCUT2D eigenvalue weighted by Gasteiger charge is 2.06. The summed E-state index contributed by atoms with van der Waals surface area (Å²) < 4.78 is 0. The van der Waals surface area contributed by atoms with Crippen molar-refractivity contribution in [3.05, 3.63) is 45.9 Å². The van der Waals surface area contributed by atoms with Gasteiger partial charge in [-0.3, -0.25) is 4.79 Å². The van der Waals surface area contributed by atoms with Crippen molar-refractivity contribution in [3.63, 3.8) is 0 Å². The second-order valence-corrected chi connectivity index (χ2v) is 8.49. The number of carbonyl (C=O) groups is 1. The number of hydrogen-bond donors (Lipinski definition) is 3. The van der Waals surface area contributed by atoms with Gasteiger partial charge in [-0.2, -0.15) is 0 Å². The molecule has 0 bridgehead atoms. The van der Waals surface area contributed by atoms with Crippen LogP contribution in [0.2, 0.25) is 0 Å². The fourth-order valence-electron chi connectivity index (χ4n) is 2.76. The molecule has 0 unspecified atom stereocenters. The number of thiazole rings is 1. The maximum Gasteiger partial charge on any atom is 0.224 e. The van der Waals surface area contributed by atoms with E-state index < -0.39 is 0 Å². The zero-order valence-corrected chi connectivity index (χ0v) is 21.5. The Morgan fingerprint density at radius 3 is 2.70 bits per heavy atom. The molecule has 30 heavy (non-hydrogen) atoms. The van der Waals surface area contributed by atoms with Gasteiger partial charge in [-0.25, -0.2) is 9.98 Å². The topological polar surface area (TPSA) is 78.4 Å². The van der Waals surface area contributed by atoms with Gasteiger partial charge in [0.15, 0.2) is 5.96 Å². The molecule has 1 aromatic carbocycles. The lowest BCUT2D eigenvalue weighted by Crippen LogP contribution is -2.38. The van der Waals surface area contributed by atoms with Gasteiger partial charge in [0, 0.05) is 42.7 Å². The molecule has 1 heterocycles. The lowest BCUT2D eigenvalue weighted by atomic mass is 10.1. The number of nitrogens with zero attached hydrogens (tertiary/aromatic N) is 2. The summed E-state index contributed by atoms with van der Waals surface area (Å²) in [7, 11) is 0. The minimum Gasteiger partial charge on any atom is -0.357 e. The van der Waals surface area contributed by atoms with E-state index in [0.29, 0.717) is 18.9 Å². The van der Waals surface area contributed by atoms with E-state index in [0.717, 1.165) is 48.1 Å². The molecule has 8 heteroatoms. The molecule has 0 fully saturated rings. The standard InChI is InChI=1S/C22H33N5OS.HI/c1-5-19-15-25-21(29-19)10-11-24-22(23-6-2)26-14-17-8-7-9-18(13-17)27-20(28)12-16(3)4;/h7-9,13,15-16H,5-6,10-12,14H2,1-4H3,(H,27,28)(H2,23,24,26);1H. The zero-order chi connectivity index (χ0) is 21.1. The Labute approximate surface area is 201 Å². The summed E-state index contributed by atoms with van der Waals surface area (Å²) >= 11 is 1.77. The SMILES string of the molecule is CCNC(=NCc1cccc(NC(=O)CC(C)C)c1)NCCc1ncc(CC)s1.I. The molecule has 1 amide bonds. The first-order chi connectivity index (χ1) is 14.0. The molecular weight excluding hydrogens is 509 g/mol. The molecule has 3 N–H and O–H groups in total. The highest BCUT2D eigenvalue weighted by Crippen LogP contribution is 2.14. The Balaban J connectivity index is 0.00000450. The van der Waals surface area contributed by atoms with Gasteiger partial charge >= 0.3 is 0 Å². The first kappa shape index (κ1) is 26.4. The first-order valence-corrected chi connectivity index (χ1v) is 11.2. The van der Waals surface area contributed by atoms with Crippen LogP contribution in [0.3, 0.4) is 0 Å². The summed E-state index contributed by atoms with van der Waals surface area (Å²) in [6, 6.07) is 7.86. The average molecular weight is 544 g/mol. The minimum atomic E-state index is 0. The van der Waals surface area contributed by atoms with Crippen molar-refractivity contribution in [2.75, 3.05) is 18.4 Å². The Morgan fingerprint density at radius 1 is 1.23 bits per heavy atom. The van der Waals surface area contributed by atoms with E-state index in [1.165, 1.54) is 4.88 Å². The van der Waals surface area contributed by atoms with Crippen LogP contribution in [0.5, 0.6) is 0 Å². The molecule has 0 saturated carbocycles. The Kier molecular flexibility index (Phi) is 12.6. The molecular formula is C22H34IN5OS. The summed E-state index contributed by atoms with van der Waals surface area (Å²) in [6.45, 7) is 10.4. The molecule has 2 rings (SSSR count). The van der Waals surface area contributed by atoms with Crippen LogP contribution in [-0.4, -0.2) is 29.9 Å². The lowest BCUT2D eigenvalue weighted by molar-refractivity contribution is -0.116. The van der Waals surface area contributed by atoms with Gasteiger partial charge in [0.05, 0.1) is 11.6 Å². The number of guanidine groups is 1. The summed E-state index contributed by atoms with van der Waals surface area (Å²) in [5, 5.41) is 10.8. The molecule has 1 aromatic heterocycles. The summed E-state index contributed by atoms with van der Waals surface area (Å²) in [6.07, 6.45) is 4.40. The molecule has 0 aliphatic heterocycles. The fraction of sp³-hybridized carbons (Fsp3) is 0.500. The lowest BCUT2D eigenvalue weighted by Gasteiger charge is -2.11. The summed E-state index contributed by atoms with van der Waals surface area (Å²) in [4.78, 5) is 22.4. The number of hydrogen-bond acceptors (Lipinski definition) is 4. The van der Waals surface area contributed by atoms with E-state index in [2.05, 4.69) is 39.8 Å². The summed E-state index contributed by atoms with van der Waals surface area (Å²) in [5.41, 5.74) is 1.87. The molecule has 0 atom stereocenters. The Bertz CT molecular complexity index is 806. The third-order valence-corrected chi connectivity index (χ3v) is 5.35. The largest absolute Gasteiger partial charge is 0.357 e. The van der Waals surface area contributed by atoms with Crippen LogP contribution in [0.15, 0.2) is 35.5 Å². The summed E-state index contributed by atoms with van der Waals surface area (Å²) in [5.74, 6) is 1.17. The highest BCUT2D eigenvalue weighted by molar-refractivity contribution is 14.0. The van der Waals surface area contributed by atoms with E-state index in [4.69, 9.17) is 0 Å². The van der Waals surface area contributed by atoms with Crippen molar-refractivity contribution in [1.29, 1.82) is 0 Å². The molecule has 6 nitrogen and oxygen atoms in total. The van der Waals surface area contributed by atoms with E-state index in [9.17, 15) is 4.79 Å². The molecule has 0 spiro atoms. The first-order valence-electron chi connectivity index (χ1n) is 10.3. The number of halogens is 1. The monoisotopic (exact) mass is 543 g/mol. The van der Waals surface area contributed by atoms with Crippen LogP contribution in [0.1, 0.15) is 49.6 Å². The number of benzene rings is 1. The van der Waals surface area contributed by atoms with Crippen molar-refractivity contribution in [1.82, 2.24) is 15.6 Å². The number of amides is 1. The predicted molar refractivity (Wildman–Crippen MR) is 138 cm³/mol. The third kappa shape index (κ3) is 9.88. The van der Waals surface area contributed by atoms with Crippen molar-refractivity contribution >= 4 is 52.9 Å². The second kappa shape index (κ2) is 14.3. The van der Waals surface area contributed by atoms with E-state index in [-0.39, 0.29) is 29.9 Å². The van der Waals surface area contributed by atoms with Crippen LogP contribution in [-0.2, 0) is 24.2 Å². The molecule has 0 aliphatic carbocycles. The average Bonchev–Trinajstić information content (AvgIpc) is 3.13. The predicted octanol–water partition coefficient (Wildman–Crippen LogP) is 4.61. The minimum absolute atomic E-state index is 0. The van der Waals surface area contributed by atoms with Gasteiger partial charge in [0.2, 0.25) is 5.91 Å². The third-order valence-electron chi connectivity index (χ3n) is 4.15. The van der Waals surface area contributed by atoms with Gasteiger partial charge in [0.25, 0.3) is 0 Å². The normalized spacial score (nSPS) is 11.2. The smallest absolute Gasteiger partial charge is 0.224 e. The quantitative estimate of drug-likeness (QED) is 0.233. The molecule has 0 aliphatic rings. The van der Waals surface area contributed by atoms with Gasteiger partial charge in [-0.05, 0) is 37.0 Å². The van der Waals surface area contributed by atoms with Crippen molar-refractivity contribution < 1.29 is 4.79 Å². The Hall–Kier alpha value is -1.68. The fourth-order valence-corrected chi connectivity index (χ4v) is 3.62. The number of nitrogens with one attached hydrogen (secondary N) is 3. The van der Waals surface area contributed by atoms with E-state index >= 15 is 0 Å². The highest BCUT2D eigenvalue weighted by atomic mass is 127. The maximum atomic E-state index is 12.0. The van der Waals surface area contributed by atoms with Crippen molar-refractivity contribution in [3.8, 4) is 0 Å². The van der Waals surface area contributed by atoms with E-state index in [1.54, 1.807) is 11.3 Å². The number of carbonyl (C=O) groups excluding carboxylic acids is 1. The maximum absolute atomic E-state index is 12.0. The van der Waals surface area contributed by atoms with Crippen LogP contribution in [0.25, 0.3) is 0 Å². The number of anilines is 1. The number of aliphatic imine (C=N–C) groups is 1. The van der Waals surface area contributed by atoms with Gasteiger partial charge in [-0.15, -0.1) is 35.3 Å². The van der Waals surface area contributed by atoms with E-state index in [1.807, 2.05) is 44.3 Å². The van der Waals surface area contributed by atoms with Gasteiger partial charge in [0.1, 0.15) is 0 Å². The molecule has 0 saturated heterocycles.